The van der Waals surface area contributed by atoms with Crippen LogP contribution in [0, 0.1) is 0 Å². The van der Waals surface area contributed by atoms with Gasteiger partial charge in [-0.2, -0.15) is 11.8 Å². The first-order valence-electron chi connectivity index (χ1n) is 12.9. The van der Waals surface area contributed by atoms with E-state index in [2.05, 4.69) is 17.6 Å². The average molecular weight is 522 g/mol. The van der Waals surface area contributed by atoms with Gasteiger partial charge in [-0.05, 0) is 89.5 Å². The summed E-state index contributed by atoms with van der Waals surface area (Å²) in [7, 11) is 0. The summed E-state index contributed by atoms with van der Waals surface area (Å²) in [6.45, 7) is 9.31. The lowest BCUT2D eigenvalue weighted by molar-refractivity contribution is -0.147. The zero-order valence-corrected chi connectivity index (χ0v) is 23.3. The van der Waals surface area contributed by atoms with E-state index < -0.39 is 23.8 Å². The predicted molar refractivity (Wildman–Crippen MR) is 144 cm³/mol. The predicted octanol–water partition coefficient (Wildman–Crippen LogP) is 4.77. The van der Waals surface area contributed by atoms with E-state index >= 15 is 0 Å². The van der Waals surface area contributed by atoms with Crippen molar-refractivity contribution in [1.82, 2.24) is 15.5 Å². The number of aromatic hydroxyl groups is 1. The van der Waals surface area contributed by atoms with Gasteiger partial charge in [-0.25, -0.2) is 4.79 Å². The lowest BCUT2D eigenvalue weighted by Crippen LogP contribution is -2.58. The molecule has 1 aliphatic carbocycles. The molecule has 0 saturated heterocycles. The van der Waals surface area contributed by atoms with E-state index in [9.17, 15) is 19.5 Å². The first-order valence-corrected chi connectivity index (χ1v) is 14.3. The summed E-state index contributed by atoms with van der Waals surface area (Å²) < 4.78 is 5.43. The average Bonchev–Trinajstić information content (AvgIpc) is 2.73. The first-order chi connectivity index (χ1) is 17.0. The molecule has 0 heterocycles. The second kappa shape index (κ2) is 13.8. The number of hydrogen-bond acceptors (Lipinski definition) is 6. The number of benzene rings is 1. The minimum atomic E-state index is -0.925. The number of thioether (sulfide) groups is 1. The Morgan fingerprint density at radius 2 is 1.89 bits per heavy atom. The van der Waals surface area contributed by atoms with Crippen LogP contribution in [-0.2, 0) is 14.3 Å². The van der Waals surface area contributed by atoms with Crippen molar-refractivity contribution in [2.45, 2.75) is 103 Å². The zero-order valence-electron chi connectivity index (χ0n) is 22.5. The van der Waals surface area contributed by atoms with Crippen LogP contribution in [0.4, 0.5) is 4.79 Å². The number of ether oxygens (including phenoxy) is 1. The van der Waals surface area contributed by atoms with Crippen molar-refractivity contribution in [2.24, 2.45) is 0 Å². The molecule has 3 unspecified atom stereocenters. The molecule has 3 amide bonds. The van der Waals surface area contributed by atoms with Crippen LogP contribution in [0.1, 0.15) is 84.7 Å². The molecule has 1 aliphatic rings. The maximum Gasteiger partial charge on any atom is 0.408 e. The molecule has 1 aromatic rings. The molecular formula is C27H43N3O5S. The Morgan fingerprint density at radius 1 is 1.19 bits per heavy atom. The minimum absolute atomic E-state index is 0.0266. The van der Waals surface area contributed by atoms with Crippen molar-refractivity contribution in [3.05, 3.63) is 29.8 Å². The zero-order chi connectivity index (χ0) is 26.9. The summed E-state index contributed by atoms with van der Waals surface area (Å²) in [6, 6.07) is 4.55. The Balaban J connectivity index is 2.46. The maximum atomic E-state index is 14.1. The highest BCUT2D eigenvalue weighted by Gasteiger charge is 2.42. The Kier molecular flexibility index (Phi) is 11.4. The molecule has 0 bridgehead atoms. The third-order valence-corrected chi connectivity index (χ3v) is 6.79. The molecule has 8 nitrogen and oxygen atoms in total. The summed E-state index contributed by atoms with van der Waals surface area (Å²) in [6.07, 6.45) is 5.93. The molecule has 0 spiro atoms. The van der Waals surface area contributed by atoms with E-state index in [4.69, 9.17) is 4.74 Å². The van der Waals surface area contributed by atoms with Crippen molar-refractivity contribution in [3.8, 4) is 5.75 Å². The van der Waals surface area contributed by atoms with Crippen LogP contribution in [0.15, 0.2) is 24.3 Å². The van der Waals surface area contributed by atoms with E-state index in [-0.39, 0.29) is 29.6 Å². The second-order valence-electron chi connectivity index (χ2n) is 10.5. The molecule has 1 fully saturated rings. The number of nitrogens with one attached hydrogen (secondary N) is 2. The number of phenolic OH excluding ortho intramolecular Hbond substituents is 1. The van der Waals surface area contributed by atoms with Crippen LogP contribution in [0.3, 0.4) is 0 Å². The van der Waals surface area contributed by atoms with Gasteiger partial charge in [0.05, 0.1) is 0 Å². The van der Waals surface area contributed by atoms with E-state index in [1.165, 1.54) is 6.07 Å². The van der Waals surface area contributed by atoms with Crippen molar-refractivity contribution < 1.29 is 24.2 Å². The van der Waals surface area contributed by atoms with Crippen LogP contribution >= 0.6 is 11.8 Å². The van der Waals surface area contributed by atoms with Crippen molar-refractivity contribution in [1.29, 1.82) is 0 Å². The van der Waals surface area contributed by atoms with Crippen molar-refractivity contribution >= 4 is 29.7 Å². The monoisotopic (exact) mass is 521 g/mol. The lowest BCUT2D eigenvalue weighted by Gasteiger charge is -2.44. The Labute approximate surface area is 219 Å². The van der Waals surface area contributed by atoms with Gasteiger partial charge in [0, 0.05) is 12.1 Å². The van der Waals surface area contributed by atoms with Crippen LogP contribution < -0.4 is 10.6 Å². The van der Waals surface area contributed by atoms with Crippen LogP contribution in [-0.4, -0.2) is 63.6 Å². The normalized spacial score (nSPS) is 16.3. The number of phenols is 1. The Bertz CT molecular complexity index is 884. The molecular weight excluding hydrogens is 478 g/mol. The van der Waals surface area contributed by atoms with Gasteiger partial charge in [-0.15, -0.1) is 0 Å². The topological polar surface area (TPSA) is 108 Å². The van der Waals surface area contributed by atoms with Crippen LogP contribution in [0.2, 0.25) is 0 Å². The summed E-state index contributed by atoms with van der Waals surface area (Å²) in [5.74, 6) is 0.0778. The summed E-state index contributed by atoms with van der Waals surface area (Å²) >= 11 is 1.58. The van der Waals surface area contributed by atoms with Crippen molar-refractivity contribution in [3.63, 3.8) is 0 Å². The highest BCUT2D eigenvalue weighted by Crippen LogP contribution is 2.35. The quantitative estimate of drug-likeness (QED) is 0.366. The largest absolute Gasteiger partial charge is 0.508 e. The first kappa shape index (κ1) is 29.8. The van der Waals surface area contributed by atoms with Crippen LogP contribution in [0.5, 0.6) is 5.75 Å². The molecule has 0 aromatic heterocycles. The number of hydrogen-bond donors (Lipinski definition) is 3. The third kappa shape index (κ3) is 8.91. The molecule has 202 valence electrons. The van der Waals surface area contributed by atoms with E-state index in [0.29, 0.717) is 17.7 Å². The fraction of sp³-hybridized carbons (Fsp3) is 0.667. The number of alkyl carbamates (subject to hydrolysis) is 1. The fourth-order valence-corrected chi connectivity index (χ4v) is 4.74. The molecule has 0 aliphatic heterocycles. The third-order valence-electron chi connectivity index (χ3n) is 6.15. The van der Waals surface area contributed by atoms with E-state index in [1.807, 2.05) is 13.2 Å². The van der Waals surface area contributed by atoms with Gasteiger partial charge in [-0.1, -0.05) is 25.5 Å². The number of carbonyl (C=O) groups excluding carboxylic acids is 3. The molecule has 9 heteroatoms. The van der Waals surface area contributed by atoms with Gasteiger partial charge >= 0.3 is 6.09 Å². The van der Waals surface area contributed by atoms with Gasteiger partial charge in [-0.3, -0.25) is 9.59 Å². The lowest BCUT2D eigenvalue weighted by atomic mass is 9.87. The highest BCUT2D eigenvalue weighted by atomic mass is 32.2. The fourth-order valence-electron chi connectivity index (χ4n) is 4.27. The molecule has 3 atom stereocenters. The number of nitrogens with zero attached hydrogens (tertiary/aromatic N) is 1. The van der Waals surface area contributed by atoms with Gasteiger partial charge in [0.1, 0.15) is 23.4 Å². The molecule has 36 heavy (non-hydrogen) atoms. The van der Waals surface area contributed by atoms with Gasteiger partial charge in [0.25, 0.3) is 0 Å². The Hall–Kier alpha value is -2.42. The van der Waals surface area contributed by atoms with Gasteiger partial charge in [0.15, 0.2) is 0 Å². The summed E-state index contributed by atoms with van der Waals surface area (Å²) in [4.78, 5) is 42.0. The molecule has 1 aromatic carbocycles. The van der Waals surface area contributed by atoms with Crippen molar-refractivity contribution in [2.75, 3.05) is 12.0 Å². The SMILES string of the molecule is CCCC(C)NC(=O)C(c1cccc(O)c1)N(C(=O)C(CCSC)NC(=O)OC(C)(C)C)C1CCC1. The second-order valence-corrected chi connectivity index (χ2v) is 11.5. The summed E-state index contributed by atoms with van der Waals surface area (Å²) in [5, 5.41) is 16.0. The summed E-state index contributed by atoms with van der Waals surface area (Å²) in [5.41, 5.74) is -0.165. The van der Waals surface area contributed by atoms with Gasteiger partial charge in [0.2, 0.25) is 11.8 Å². The molecule has 1 saturated carbocycles. The standard InChI is InChI=1S/C27H43N3O5S/c1-7-10-18(2)28-24(32)23(19-11-8-14-21(31)17-19)30(20-12-9-13-20)25(33)22(15-16-36-6)29-26(34)35-27(3,4)5/h8,11,14,17-18,20,22-23,31H,7,9-10,12-13,15-16H2,1-6H3,(H,28,32)(H,29,34). The number of carbonyl (C=O) groups is 3. The highest BCUT2D eigenvalue weighted by molar-refractivity contribution is 7.98. The molecule has 3 N–H and O–H groups in total. The van der Waals surface area contributed by atoms with Crippen LogP contribution in [0.25, 0.3) is 0 Å². The minimum Gasteiger partial charge on any atom is -0.508 e. The number of amides is 3. The maximum absolute atomic E-state index is 14.1. The van der Waals surface area contributed by atoms with E-state index in [1.54, 1.807) is 55.6 Å². The van der Waals surface area contributed by atoms with E-state index in [0.717, 1.165) is 32.1 Å². The van der Waals surface area contributed by atoms with Gasteiger partial charge < -0.3 is 25.4 Å². The molecule has 2 rings (SSSR count). The number of rotatable bonds is 12. The molecule has 0 radical (unpaired) electrons. The smallest absolute Gasteiger partial charge is 0.408 e. The Morgan fingerprint density at radius 3 is 2.42 bits per heavy atom.